The van der Waals surface area contributed by atoms with Gasteiger partial charge >= 0.3 is 0 Å². The third-order valence-corrected chi connectivity index (χ3v) is 7.14. The lowest BCUT2D eigenvalue weighted by molar-refractivity contribution is -0.193. The summed E-state index contributed by atoms with van der Waals surface area (Å²) in [5.41, 5.74) is 2.64. The van der Waals surface area contributed by atoms with Crippen molar-refractivity contribution >= 4 is 0 Å². The van der Waals surface area contributed by atoms with Gasteiger partial charge in [0.25, 0.3) is 0 Å². The summed E-state index contributed by atoms with van der Waals surface area (Å²) in [4.78, 5) is 0. The minimum Gasteiger partial charge on any atom is -0.494 e. The molecule has 0 N–H and O–H groups in total. The maximum absolute atomic E-state index is 14.3. The first-order valence-electron chi connectivity index (χ1n) is 12.0. The smallest absolute Gasteiger partial charge is 0.201 e. The lowest BCUT2D eigenvalue weighted by atomic mass is 9.77. The van der Waals surface area contributed by atoms with Gasteiger partial charge in [-0.15, -0.1) is 0 Å². The minimum absolute atomic E-state index is 0.0617. The van der Waals surface area contributed by atoms with E-state index in [1.54, 1.807) is 0 Å². The zero-order chi connectivity index (χ0) is 22.5. The summed E-state index contributed by atoms with van der Waals surface area (Å²) in [6, 6.07) is 11.7. The highest BCUT2D eigenvalue weighted by Gasteiger charge is 2.29. The van der Waals surface area contributed by atoms with Crippen molar-refractivity contribution in [2.75, 3.05) is 20.3 Å². The fourth-order valence-electron chi connectivity index (χ4n) is 5.08. The molecular formula is C27H34F2O3. The van der Waals surface area contributed by atoms with Crippen LogP contribution in [0, 0.1) is 17.6 Å². The van der Waals surface area contributed by atoms with Crippen molar-refractivity contribution in [3.63, 3.8) is 0 Å². The van der Waals surface area contributed by atoms with E-state index in [1.807, 2.05) is 0 Å². The molecule has 0 unspecified atom stereocenters. The van der Waals surface area contributed by atoms with Crippen molar-refractivity contribution < 1.29 is 23.0 Å². The van der Waals surface area contributed by atoms with Gasteiger partial charge in [0.2, 0.25) is 5.82 Å². The number of ether oxygens (including phenoxy) is 3. The Morgan fingerprint density at radius 3 is 2.06 bits per heavy atom. The minimum atomic E-state index is -1.02. The molecular weight excluding hydrogens is 410 g/mol. The predicted molar refractivity (Wildman–Crippen MR) is 121 cm³/mol. The zero-order valence-electron chi connectivity index (χ0n) is 19.1. The van der Waals surface area contributed by atoms with E-state index < -0.39 is 17.9 Å². The molecule has 2 aromatic rings. The Balaban J connectivity index is 1.31. The SMILES string of the molecule is CCCCC1CCC(c2ccc(C3COC(c4ccc(OC)c(F)c4F)OC3)cc2)CC1. The summed E-state index contributed by atoms with van der Waals surface area (Å²) in [7, 11) is 1.31. The van der Waals surface area contributed by atoms with Crippen LogP contribution in [0.3, 0.4) is 0 Å². The summed E-state index contributed by atoms with van der Waals surface area (Å²) >= 11 is 0. The molecule has 1 heterocycles. The Bertz CT molecular complexity index is 867. The van der Waals surface area contributed by atoms with Crippen LogP contribution in [0.1, 0.15) is 86.7 Å². The van der Waals surface area contributed by atoms with Gasteiger partial charge in [0.1, 0.15) is 0 Å². The molecule has 0 amide bonds. The monoisotopic (exact) mass is 444 g/mol. The van der Waals surface area contributed by atoms with E-state index in [2.05, 4.69) is 31.2 Å². The molecule has 0 aromatic heterocycles. The Morgan fingerprint density at radius 2 is 1.47 bits per heavy atom. The van der Waals surface area contributed by atoms with Gasteiger partial charge in [0.15, 0.2) is 17.9 Å². The largest absolute Gasteiger partial charge is 0.494 e. The van der Waals surface area contributed by atoms with Gasteiger partial charge in [-0.3, -0.25) is 0 Å². The highest BCUT2D eigenvalue weighted by Crippen LogP contribution is 2.39. The van der Waals surface area contributed by atoms with E-state index >= 15 is 0 Å². The van der Waals surface area contributed by atoms with Gasteiger partial charge in [-0.2, -0.15) is 4.39 Å². The molecule has 2 fully saturated rings. The van der Waals surface area contributed by atoms with Gasteiger partial charge in [0.05, 0.1) is 20.3 Å². The van der Waals surface area contributed by atoms with Crippen LogP contribution >= 0.6 is 0 Å². The number of halogens is 2. The summed E-state index contributed by atoms with van der Waals surface area (Å²) in [5, 5.41) is 0. The average molecular weight is 445 g/mol. The van der Waals surface area contributed by atoms with E-state index in [9.17, 15) is 8.78 Å². The molecule has 4 rings (SSSR count). The van der Waals surface area contributed by atoms with Gasteiger partial charge in [0, 0.05) is 11.5 Å². The van der Waals surface area contributed by atoms with Crippen molar-refractivity contribution in [1.29, 1.82) is 0 Å². The average Bonchev–Trinajstić information content (AvgIpc) is 2.85. The lowest BCUT2D eigenvalue weighted by Crippen LogP contribution is -2.26. The Morgan fingerprint density at radius 1 is 0.844 bits per heavy atom. The van der Waals surface area contributed by atoms with Gasteiger partial charge in [-0.25, -0.2) is 4.39 Å². The topological polar surface area (TPSA) is 27.7 Å². The molecule has 2 aliphatic rings. The molecule has 2 aromatic carbocycles. The van der Waals surface area contributed by atoms with Gasteiger partial charge in [-0.05, 0) is 60.8 Å². The molecule has 1 saturated heterocycles. The van der Waals surface area contributed by atoms with E-state index in [1.165, 1.54) is 69.8 Å². The number of hydrogen-bond donors (Lipinski definition) is 0. The molecule has 32 heavy (non-hydrogen) atoms. The molecule has 1 aliphatic carbocycles. The van der Waals surface area contributed by atoms with Gasteiger partial charge in [-0.1, -0.05) is 50.5 Å². The molecule has 1 aliphatic heterocycles. The van der Waals surface area contributed by atoms with Crippen LogP contribution in [0.4, 0.5) is 8.78 Å². The first-order chi connectivity index (χ1) is 15.6. The van der Waals surface area contributed by atoms with Crippen LogP contribution in [0.5, 0.6) is 5.75 Å². The number of hydrogen-bond acceptors (Lipinski definition) is 3. The second-order valence-electron chi connectivity index (χ2n) is 9.21. The maximum Gasteiger partial charge on any atom is 0.201 e. The highest BCUT2D eigenvalue weighted by atomic mass is 19.2. The zero-order valence-corrected chi connectivity index (χ0v) is 19.1. The van der Waals surface area contributed by atoms with Crippen molar-refractivity contribution in [2.45, 2.75) is 70.0 Å². The number of unbranched alkanes of at least 4 members (excludes halogenated alkanes) is 1. The second kappa shape index (κ2) is 10.8. The first-order valence-corrected chi connectivity index (χ1v) is 12.0. The number of benzene rings is 2. The fraction of sp³-hybridized carbons (Fsp3) is 0.556. The molecule has 174 valence electrons. The molecule has 0 atom stereocenters. The van der Waals surface area contributed by atoms with Gasteiger partial charge < -0.3 is 14.2 Å². The van der Waals surface area contributed by atoms with Crippen LogP contribution in [0.25, 0.3) is 0 Å². The van der Waals surface area contributed by atoms with E-state index in [-0.39, 0.29) is 17.2 Å². The molecule has 1 saturated carbocycles. The summed E-state index contributed by atoms with van der Waals surface area (Å²) in [6.07, 6.45) is 8.40. The Kier molecular flexibility index (Phi) is 7.80. The van der Waals surface area contributed by atoms with Crippen molar-refractivity contribution in [2.24, 2.45) is 5.92 Å². The van der Waals surface area contributed by atoms with Crippen molar-refractivity contribution in [3.8, 4) is 5.75 Å². The predicted octanol–water partition coefficient (Wildman–Crippen LogP) is 7.27. The quantitative estimate of drug-likeness (QED) is 0.450. The molecule has 0 spiro atoms. The maximum atomic E-state index is 14.3. The second-order valence-corrected chi connectivity index (χ2v) is 9.21. The standard InChI is InChI=1S/C27H34F2O3/c1-3-4-5-18-6-8-19(9-7-18)20-10-12-21(13-11-20)22-16-31-27(32-17-22)23-14-15-24(30-2)26(29)25(23)28/h10-15,18-19,22,27H,3-9,16-17H2,1-2H3. The molecule has 0 radical (unpaired) electrons. The normalized spacial score (nSPS) is 26.1. The van der Waals surface area contributed by atoms with E-state index in [4.69, 9.17) is 14.2 Å². The fourth-order valence-corrected chi connectivity index (χ4v) is 5.08. The number of methoxy groups -OCH3 is 1. The highest BCUT2D eigenvalue weighted by molar-refractivity contribution is 5.32. The van der Waals surface area contributed by atoms with Crippen molar-refractivity contribution in [3.05, 3.63) is 64.7 Å². The van der Waals surface area contributed by atoms with E-state index in [0.717, 1.165) is 11.5 Å². The van der Waals surface area contributed by atoms with Crippen LogP contribution in [-0.4, -0.2) is 20.3 Å². The first kappa shape index (κ1) is 23.2. The third kappa shape index (κ3) is 5.15. The van der Waals surface area contributed by atoms with E-state index in [0.29, 0.717) is 19.1 Å². The Labute approximate surface area is 190 Å². The summed E-state index contributed by atoms with van der Waals surface area (Å²) in [6.45, 7) is 3.08. The van der Waals surface area contributed by atoms with Crippen LogP contribution in [0.15, 0.2) is 36.4 Å². The van der Waals surface area contributed by atoms with Crippen LogP contribution < -0.4 is 4.74 Å². The lowest BCUT2D eigenvalue weighted by Gasteiger charge is -2.31. The Hall–Kier alpha value is -1.98. The number of rotatable bonds is 7. The molecule has 5 heteroatoms. The molecule has 0 bridgehead atoms. The van der Waals surface area contributed by atoms with Crippen LogP contribution in [0.2, 0.25) is 0 Å². The summed E-state index contributed by atoms with van der Waals surface area (Å²) < 4.78 is 44.7. The summed E-state index contributed by atoms with van der Waals surface area (Å²) in [5.74, 6) is -0.473. The third-order valence-electron chi connectivity index (χ3n) is 7.14. The van der Waals surface area contributed by atoms with Crippen molar-refractivity contribution in [1.82, 2.24) is 0 Å². The van der Waals surface area contributed by atoms with Crippen LogP contribution in [-0.2, 0) is 9.47 Å². The molecule has 3 nitrogen and oxygen atoms in total.